The topological polar surface area (TPSA) is 29.5 Å². The SMILES string of the molecule is CCOC(=O)CC(C1CC(C)=CC(C)C1)N1CCCC1. The zero-order valence-corrected chi connectivity index (χ0v) is 13.2. The maximum absolute atomic E-state index is 12.0. The summed E-state index contributed by atoms with van der Waals surface area (Å²) in [6.07, 6.45) is 7.86. The second-order valence-corrected chi connectivity index (χ2v) is 6.51. The van der Waals surface area contributed by atoms with Crippen LogP contribution >= 0.6 is 0 Å². The van der Waals surface area contributed by atoms with Crippen molar-refractivity contribution in [1.82, 2.24) is 4.90 Å². The molecule has 0 amide bonds. The molecule has 3 nitrogen and oxygen atoms in total. The van der Waals surface area contributed by atoms with Gasteiger partial charge >= 0.3 is 5.97 Å². The Morgan fingerprint density at radius 1 is 1.45 bits per heavy atom. The molecule has 0 aromatic carbocycles. The molecule has 0 aromatic rings. The normalized spacial score (nSPS) is 29.1. The van der Waals surface area contributed by atoms with Crippen molar-refractivity contribution in [3.63, 3.8) is 0 Å². The van der Waals surface area contributed by atoms with Crippen LogP contribution in [0.4, 0.5) is 0 Å². The van der Waals surface area contributed by atoms with Gasteiger partial charge in [0.1, 0.15) is 0 Å². The van der Waals surface area contributed by atoms with Gasteiger partial charge in [0.2, 0.25) is 0 Å². The number of ether oxygens (including phenoxy) is 1. The lowest BCUT2D eigenvalue weighted by Gasteiger charge is -2.37. The van der Waals surface area contributed by atoms with Gasteiger partial charge in [-0.1, -0.05) is 18.6 Å². The highest BCUT2D eigenvalue weighted by Gasteiger charge is 2.33. The minimum atomic E-state index is -0.0238. The lowest BCUT2D eigenvalue weighted by molar-refractivity contribution is -0.145. The van der Waals surface area contributed by atoms with E-state index in [1.807, 2.05) is 6.92 Å². The Kier molecular flexibility index (Phi) is 5.64. The maximum atomic E-state index is 12.0. The summed E-state index contributed by atoms with van der Waals surface area (Å²) < 4.78 is 5.20. The summed E-state index contributed by atoms with van der Waals surface area (Å²) in [7, 11) is 0. The smallest absolute Gasteiger partial charge is 0.307 e. The molecule has 1 aliphatic carbocycles. The fourth-order valence-corrected chi connectivity index (χ4v) is 3.95. The number of hydrogen-bond acceptors (Lipinski definition) is 3. The number of rotatable bonds is 5. The third kappa shape index (κ3) is 4.08. The van der Waals surface area contributed by atoms with Gasteiger partial charge in [0, 0.05) is 6.04 Å². The lowest BCUT2D eigenvalue weighted by atomic mass is 9.78. The molecule has 114 valence electrons. The Hall–Kier alpha value is -0.830. The standard InChI is InChI=1S/C17H29NO2/c1-4-20-17(19)12-16(18-7-5-6-8-18)15-10-13(2)9-14(3)11-15/h9,13,15-16H,4-8,10-12H2,1-3H3. The number of hydrogen-bond donors (Lipinski definition) is 0. The number of carbonyl (C=O) groups is 1. The van der Waals surface area contributed by atoms with E-state index >= 15 is 0 Å². The quantitative estimate of drug-likeness (QED) is 0.570. The second kappa shape index (κ2) is 7.26. The van der Waals surface area contributed by atoms with E-state index < -0.39 is 0 Å². The van der Waals surface area contributed by atoms with Crippen LogP contribution < -0.4 is 0 Å². The molecule has 3 unspecified atom stereocenters. The van der Waals surface area contributed by atoms with Crippen molar-refractivity contribution >= 4 is 5.97 Å². The Labute approximate surface area is 123 Å². The summed E-state index contributed by atoms with van der Waals surface area (Å²) in [6.45, 7) is 9.20. The molecule has 2 rings (SSSR count). The van der Waals surface area contributed by atoms with E-state index in [0.717, 1.165) is 19.5 Å². The summed E-state index contributed by atoms with van der Waals surface area (Å²) in [5.41, 5.74) is 1.49. The lowest BCUT2D eigenvalue weighted by Crippen LogP contribution is -2.42. The van der Waals surface area contributed by atoms with Crippen LogP contribution in [0.25, 0.3) is 0 Å². The number of allylic oxidation sites excluding steroid dienone is 2. The second-order valence-electron chi connectivity index (χ2n) is 6.51. The van der Waals surface area contributed by atoms with Crippen molar-refractivity contribution in [2.24, 2.45) is 11.8 Å². The molecule has 1 aliphatic heterocycles. The van der Waals surface area contributed by atoms with Gasteiger partial charge in [-0.15, -0.1) is 0 Å². The molecule has 0 aromatic heterocycles. The third-order valence-corrected chi connectivity index (χ3v) is 4.66. The molecule has 20 heavy (non-hydrogen) atoms. The maximum Gasteiger partial charge on any atom is 0.307 e. The van der Waals surface area contributed by atoms with Crippen molar-refractivity contribution in [2.75, 3.05) is 19.7 Å². The fraction of sp³-hybridized carbons (Fsp3) is 0.824. The highest BCUT2D eigenvalue weighted by molar-refractivity contribution is 5.70. The highest BCUT2D eigenvalue weighted by atomic mass is 16.5. The van der Waals surface area contributed by atoms with Crippen LogP contribution in [0.2, 0.25) is 0 Å². The molecule has 0 spiro atoms. The average Bonchev–Trinajstić information content (AvgIpc) is 2.88. The van der Waals surface area contributed by atoms with E-state index in [0.29, 0.717) is 30.9 Å². The van der Waals surface area contributed by atoms with Crippen molar-refractivity contribution in [3.8, 4) is 0 Å². The summed E-state index contributed by atoms with van der Waals surface area (Å²) >= 11 is 0. The predicted octanol–water partition coefficient (Wildman–Crippen LogP) is 3.40. The Balaban J connectivity index is 2.05. The molecule has 0 saturated carbocycles. The molecule has 0 bridgehead atoms. The van der Waals surface area contributed by atoms with Crippen LogP contribution in [0.15, 0.2) is 11.6 Å². The first-order chi connectivity index (χ1) is 9.60. The van der Waals surface area contributed by atoms with Crippen molar-refractivity contribution in [3.05, 3.63) is 11.6 Å². The van der Waals surface area contributed by atoms with Crippen molar-refractivity contribution < 1.29 is 9.53 Å². The third-order valence-electron chi connectivity index (χ3n) is 4.66. The van der Waals surface area contributed by atoms with E-state index in [2.05, 4.69) is 24.8 Å². The first-order valence-corrected chi connectivity index (χ1v) is 8.17. The summed E-state index contributed by atoms with van der Waals surface area (Å²) in [6, 6.07) is 0.377. The number of carbonyl (C=O) groups excluding carboxylic acids is 1. The Bertz CT molecular complexity index is 358. The van der Waals surface area contributed by atoms with Crippen LogP contribution in [-0.2, 0) is 9.53 Å². The molecular weight excluding hydrogens is 250 g/mol. The van der Waals surface area contributed by atoms with Crippen LogP contribution in [0, 0.1) is 11.8 Å². The molecule has 1 heterocycles. The number of likely N-dealkylation sites (tertiary alicyclic amines) is 1. The van der Waals surface area contributed by atoms with Crippen molar-refractivity contribution in [2.45, 2.75) is 58.9 Å². The largest absolute Gasteiger partial charge is 0.466 e. The average molecular weight is 279 g/mol. The predicted molar refractivity (Wildman–Crippen MR) is 81.5 cm³/mol. The first-order valence-electron chi connectivity index (χ1n) is 8.17. The highest BCUT2D eigenvalue weighted by Crippen LogP contribution is 2.34. The van der Waals surface area contributed by atoms with Gasteiger partial charge in [0.25, 0.3) is 0 Å². The molecule has 3 heteroatoms. The van der Waals surface area contributed by atoms with E-state index in [1.54, 1.807) is 0 Å². The molecule has 1 saturated heterocycles. The first kappa shape index (κ1) is 15.6. The van der Waals surface area contributed by atoms with Gasteiger partial charge in [-0.3, -0.25) is 9.69 Å². The molecule has 2 aliphatic rings. The van der Waals surface area contributed by atoms with Crippen LogP contribution in [0.3, 0.4) is 0 Å². The van der Waals surface area contributed by atoms with Crippen molar-refractivity contribution in [1.29, 1.82) is 0 Å². The summed E-state index contributed by atoms with van der Waals surface area (Å²) in [5, 5.41) is 0. The minimum absolute atomic E-state index is 0.0238. The number of nitrogens with zero attached hydrogens (tertiary/aromatic N) is 1. The van der Waals surface area contributed by atoms with E-state index in [1.165, 1.54) is 24.8 Å². The fourth-order valence-electron chi connectivity index (χ4n) is 3.95. The molecule has 0 radical (unpaired) electrons. The zero-order chi connectivity index (χ0) is 14.5. The summed E-state index contributed by atoms with van der Waals surface area (Å²) in [5.74, 6) is 1.22. The van der Waals surface area contributed by atoms with Gasteiger partial charge in [-0.25, -0.2) is 0 Å². The van der Waals surface area contributed by atoms with Crippen LogP contribution in [-0.4, -0.2) is 36.6 Å². The number of esters is 1. The molecule has 1 fully saturated rings. The van der Waals surface area contributed by atoms with E-state index in [4.69, 9.17) is 4.74 Å². The molecule has 3 atom stereocenters. The molecule has 0 N–H and O–H groups in total. The zero-order valence-electron chi connectivity index (χ0n) is 13.2. The van der Waals surface area contributed by atoms with Gasteiger partial charge < -0.3 is 4.74 Å². The molecular formula is C17H29NO2. The minimum Gasteiger partial charge on any atom is -0.466 e. The Morgan fingerprint density at radius 2 is 2.15 bits per heavy atom. The Morgan fingerprint density at radius 3 is 2.75 bits per heavy atom. The van der Waals surface area contributed by atoms with Gasteiger partial charge in [0.15, 0.2) is 0 Å². The van der Waals surface area contributed by atoms with Gasteiger partial charge in [-0.05, 0) is 64.5 Å². The van der Waals surface area contributed by atoms with E-state index in [-0.39, 0.29) is 5.97 Å². The van der Waals surface area contributed by atoms with Crippen LogP contribution in [0.5, 0.6) is 0 Å². The van der Waals surface area contributed by atoms with Crippen LogP contribution in [0.1, 0.15) is 52.9 Å². The monoisotopic (exact) mass is 279 g/mol. The van der Waals surface area contributed by atoms with Gasteiger partial charge in [-0.2, -0.15) is 0 Å². The van der Waals surface area contributed by atoms with Gasteiger partial charge in [0.05, 0.1) is 13.0 Å². The summed E-state index contributed by atoms with van der Waals surface area (Å²) in [4.78, 5) is 14.5. The van der Waals surface area contributed by atoms with E-state index in [9.17, 15) is 4.79 Å².